The van der Waals surface area contributed by atoms with E-state index in [1.165, 1.54) is 0 Å². The summed E-state index contributed by atoms with van der Waals surface area (Å²) in [6.45, 7) is 2.52. The molecule has 0 aromatic heterocycles. The van der Waals surface area contributed by atoms with E-state index in [1.54, 1.807) is 12.1 Å². The highest BCUT2D eigenvalue weighted by molar-refractivity contribution is 6.30. The van der Waals surface area contributed by atoms with Crippen LogP contribution in [0.3, 0.4) is 0 Å². The van der Waals surface area contributed by atoms with Crippen LogP contribution in [0.5, 0.6) is 0 Å². The van der Waals surface area contributed by atoms with Gasteiger partial charge in [-0.25, -0.2) is 0 Å². The highest BCUT2D eigenvalue weighted by Crippen LogP contribution is 2.10. The van der Waals surface area contributed by atoms with E-state index in [-0.39, 0.29) is 11.9 Å². The van der Waals surface area contributed by atoms with E-state index in [9.17, 15) is 4.79 Å². The van der Waals surface area contributed by atoms with Crippen molar-refractivity contribution in [1.29, 1.82) is 0 Å². The number of nitrogens with one attached hydrogen (secondary N) is 1. The molecule has 0 bridgehead atoms. The molecule has 3 N–H and O–H groups in total. The van der Waals surface area contributed by atoms with Crippen LogP contribution in [0.2, 0.25) is 5.02 Å². The largest absolute Gasteiger partial charge is 0.354 e. The van der Waals surface area contributed by atoms with E-state index in [0.29, 0.717) is 18.0 Å². The Labute approximate surface area is 101 Å². The van der Waals surface area contributed by atoms with Crippen LogP contribution in [0, 0.1) is 0 Å². The molecule has 4 heteroatoms. The Morgan fingerprint density at radius 3 is 2.94 bits per heavy atom. The minimum Gasteiger partial charge on any atom is -0.354 e. The molecule has 1 aromatic carbocycles. The topological polar surface area (TPSA) is 55.1 Å². The van der Waals surface area contributed by atoms with Crippen LogP contribution < -0.4 is 11.1 Å². The third-order valence-electron chi connectivity index (χ3n) is 2.34. The highest BCUT2D eigenvalue weighted by atomic mass is 35.5. The SMILES string of the molecule is CCC(N)CNC(=O)Cc1cccc(Cl)c1. The average molecular weight is 241 g/mol. The summed E-state index contributed by atoms with van der Waals surface area (Å²) in [5.41, 5.74) is 6.62. The van der Waals surface area contributed by atoms with Gasteiger partial charge in [0.25, 0.3) is 0 Å². The van der Waals surface area contributed by atoms with E-state index in [1.807, 2.05) is 19.1 Å². The van der Waals surface area contributed by atoms with Crippen molar-refractivity contribution in [2.45, 2.75) is 25.8 Å². The van der Waals surface area contributed by atoms with Gasteiger partial charge < -0.3 is 11.1 Å². The van der Waals surface area contributed by atoms with Gasteiger partial charge in [0.05, 0.1) is 6.42 Å². The van der Waals surface area contributed by atoms with Crippen molar-refractivity contribution < 1.29 is 4.79 Å². The number of carbonyl (C=O) groups is 1. The van der Waals surface area contributed by atoms with E-state index in [4.69, 9.17) is 17.3 Å². The lowest BCUT2D eigenvalue weighted by Crippen LogP contribution is -2.37. The predicted octanol–water partition coefficient (Wildman–Crippen LogP) is 1.74. The van der Waals surface area contributed by atoms with Crippen molar-refractivity contribution in [3.8, 4) is 0 Å². The zero-order valence-corrected chi connectivity index (χ0v) is 10.1. The minimum atomic E-state index is -0.0221. The van der Waals surface area contributed by atoms with Crippen molar-refractivity contribution in [2.24, 2.45) is 5.73 Å². The van der Waals surface area contributed by atoms with Crippen LogP contribution in [-0.2, 0) is 11.2 Å². The van der Waals surface area contributed by atoms with E-state index < -0.39 is 0 Å². The zero-order valence-electron chi connectivity index (χ0n) is 9.37. The van der Waals surface area contributed by atoms with Crippen molar-refractivity contribution in [2.75, 3.05) is 6.54 Å². The van der Waals surface area contributed by atoms with Crippen LogP contribution in [0.1, 0.15) is 18.9 Å². The molecule has 0 aliphatic heterocycles. The van der Waals surface area contributed by atoms with E-state index in [0.717, 1.165) is 12.0 Å². The molecule has 1 amide bonds. The second kappa shape index (κ2) is 6.51. The van der Waals surface area contributed by atoms with Crippen molar-refractivity contribution >= 4 is 17.5 Å². The van der Waals surface area contributed by atoms with Crippen LogP contribution in [0.4, 0.5) is 0 Å². The fourth-order valence-electron chi connectivity index (χ4n) is 1.28. The monoisotopic (exact) mass is 240 g/mol. The summed E-state index contributed by atoms with van der Waals surface area (Å²) in [5, 5.41) is 3.44. The fraction of sp³-hybridized carbons (Fsp3) is 0.417. The molecule has 0 fully saturated rings. The quantitative estimate of drug-likeness (QED) is 0.824. The lowest BCUT2D eigenvalue weighted by atomic mass is 10.1. The Balaban J connectivity index is 2.40. The molecule has 0 radical (unpaired) electrons. The first-order valence-corrected chi connectivity index (χ1v) is 5.76. The number of hydrogen-bond donors (Lipinski definition) is 2. The third kappa shape index (κ3) is 4.64. The van der Waals surface area contributed by atoms with E-state index in [2.05, 4.69) is 5.32 Å². The highest BCUT2D eigenvalue weighted by Gasteiger charge is 2.05. The normalized spacial score (nSPS) is 12.2. The summed E-state index contributed by atoms with van der Waals surface area (Å²) in [6, 6.07) is 7.33. The molecule has 3 nitrogen and oxygen atoms in total. The summed E-state index contributed by atoms with van der Waals surface area (Å²) in [7, 11) is 0. The van der Waals surface area contributed by atoms with Crippen molar-refractivity contribution in [3.05, 3.63) is 34.9 Å². The molecule has 0 saturated heterocycles. The molecule has 0 saturated carbocycles. The molecule has 1 rings (SSSR count). The van der Waals surface area contributed by atoms with E-state index >= 15 is 0 Å². The second-order valence-electron chi connectivity index (χ2n) is 3.78. The Kier molecular flexibility index (Phi) is 5.29. The zero-order chi connectivity index (χ0) is 12.0. The van der Waals surface area contributed by atoms with Gasteiger partial charge in [0, 0.05) is 17.6 Å². The third-order valence-corrected chi connectivity index (χ3v) is 2.57. The molecule has 88 valence electrons. The maximum atomic E-state index is 11.5. The van der Waals surface area contributed by atoms with Crippen molar-refractivity contribution in [3.63, 3.8) is 0 Å². The molecule has 1 unspecified atom stereocenters. The summed E-state index contributed by atoms with van der Waals surface area (Å²) < 4.78 is 0. The number of amides is 1. The maximum Gasteiger partial charge on any atom is 0.224 e. The lowest BCUT2D eigenvalue weighted by Gasteiger charge is -2.10. The van der Waals surface area contributed by atoms with Gasteiger partial charge in [-0.1, -0.05) is 30.7 Å². The molecule has 1 atom stereocenters. The Bertz CT molecular complexity index is 355. The molecule has 0 spiro atoms. The first kappa shape index (κ1) is 13.0. The number of hydrogen-bond acceptors (Lipinski definition) is 2. The Hall–Kier alpha value is -1.06. The minimum absolute atomic E-state index is 0.0221. The first-order valence-electron chi connectivity index (χ1n) is 5.38. The van der Waals surface area contributed by atoms with Gasteiger partial charge in [-0.05, 0) is 24.1 Å². The van der Waals surface area contributed by atoms with Gasteiger partial charge in [-0.15, -0.1) is 0 Å². The van der Waals surface area contributed by atoms with Gasteiger partial charge in [0.15, 0.2) is 0 Å². The van der Waals surface area contributed by atoms with Crippen molar-refractivity contribution in [1.82, 2.24) is 5.32 Å². The molecular formula is C12H17ClN2O. The van der Waals surface area contributed by atoms with Crippen LogP contribution in [0.15, 0.2) is 24.3 Å². The Morgan fingerprint density at radius 1 is 1.56 bits per heavy atom. The summed E-state index contributed by atoms with van der Waals surface area (Å²) in [5.74, 6) is -0.0221. The molecule has 16 heavy (non-hydrogen) atoms. The second-order valence-corrected chi connectivity index (χ2v) is 4.22. The van der Waals surface area contributed by atoms with Crippen LogP contribution in [0.25, 0.3) is 0 Å². The van der Waals surface area contributed by atoms with Gasteiger partial charge in [-0.3, -0.25) is 4.79 Å². The number of rotatable bonds is 5. The van der Waals surface area contributed by atoms with Gasteiger partial charge in [0.2, 0.25) is 5.91 Å². The summed E-state index contributed by atoms with van der Waals surface area (Å²) in [6.07, 6.45) is 1.20. The van der Waals surface area contributed by atoms with Crippen LogP contribution >= 0.6 is 11.6 Å². The van der Waals surface area contributed by atoms with Crippen LogP contribution in [-0.4, -0.2) is 18.5 Å². The van der Waals surface area contributed by atoms with Gasteiger partial charge in [-0.2, -0.15) is 0 Å². The molecule has 1 aromatic rings. The molecule has 0 heterocycles. The van der Waals surface area contributed by atoms with Gasteiger partial charge >= 0.3 is 0 Å². The smallest absolute Gasteiger partial charge is 0.224 e. The fourth-order valence-corrected chi connectivity index (χ4v) is 1.50. The van der Waals surface area contributed by atoms with Gasteiger partial charge in [0.1, 0.15) is 0 Å². The molecule has 0 aliphatic carbocycles. The molecule has 0 aliphatic rings. The Morgan fingerprint density at radius 2 is 2.31 bits per heavy atom. The summed E-state index contributed by atoms with van der Waals surface area (Å²) >= 11 is 5.83. The number of benzene rings is 1. The number of carbonyl (C=O) groups excluding carboxylic acids is 1. The lowest BCUT2D eigenvalue weighted by molar-refractivity contribution is -0.120. The number of nitrogens with two attached hydrogens (primary N) is 1. The first-order chi connectivity index (χ1) is 7.61. The number of halogens is 1. The standard InChI is InChI=1S/C12H17ClN2O/c1-2-11(14)8-15-12(16)7-9-4-3-5-10(13)6-9/h3-6,11H,2,7-8,14H2,1H3,(H,15,16). The molecular weight excluding hydrogens is 224 g/mol. The predicted molar refractivity (Wildman–Crippen MR) is 66.4 cm³/mol. The average Bonchev–Trinajstić information content (AvgIpc) is 2.26. The summed E-state index contributed by atoms with van der Waals surface area (Å²) in [4.78, 5) is 11.5. The maximum absolute atomic E-state index is 11.5.